The minimum atomic E-state index is -3.32. The molecule has 0 spiro atoms. The number of benzene rings is 2. The van der Waals surface area contributed by atoms with E-state index in [-0.39, 0.29) is 23.8 Å². The first-order valence-corrected chi connectivity index (χ1v) is 11.0. The number of hydrogen-bond donors (Lipinski definition) is 1. The van der Waals surface area contributed by atoms with Crippen molar-refractivity contribution in [1.82, 2.24) is 10.5 Å². The molecule has 0 fully saturated rings. The number of carbonyl (C=O) groups is 1. The lowest BCUT2D eigenvalue weighted by atomic mass is 10.1. The van der Waals surface area contributed by atoms with Gasteiger partial charge in [0.25, 0.3) is 0 Å². The summed E-state index contributed by atoms with van der Waals surface area (Å²) in [5.74, 6) is 0.397. The first-order chi connectivity index (χ1) is 13.8. The van der Waals surface area contributed by atoms with Gasteiger partial charge in [-0.2, -0.15) is 0 Å². The van der Waals surface area contributed by atoms with Crippen LogP contribution in [-0.4, -0.2) is 24.7 Å². The lowest BCUT2D eigenvalue weighted by molar-refractivity contribution is -0.120. The van der Waals surface area contributed by atoms with E-state index in [1.54, 1.807) is 44.2 Å². The van der Waals surface area contributed by atoms with Gasteiger partial charge in [-0.25, -0.2) is 8.42 Å². The van der Waals surface area contributed by atoms with Gasteiger partial charge in [-0.05, 0) is 55.8 Å². The molecule has 3 rings (SSSR count). The van der Waals surface area contributed by atoms with Gasteiger partial charge in [-0.15, -0.1) is 0 Å². The molecule has 0 aliphatic carbocycles. The van der Waals surface area contributed by atoms with E-state index in [2.05, 4.69) is 10.5 Å². The third-order valence-corrected chi connectivity index (χ3v) is 6.81. The number of aromatic nitrogens is 1. The number of rotatable bonds is 7. The first kappa shape index (κ1) is 21.1. The summed E-state index contributed by atoms with van der Waals surface area (Å²) in [4.78, 5) is 12.4. The third kappa shape index (κ3) is 5.25. The summed E-state index contributed by atoms with van der Waals surface area (Å²) >= 11 is 5.88. The highest BCUT2D eigenvalue weighted by Gasteiger charge is 2.19. The minimum absolute atomic E-state index is 0.143. The van der Waals surface area contributed by atoms with Crippen LogP contribution in [0.1, 0.15) is 25.1 Å². The van der Waals surface area contributed by atoms with E-state index in [0.717, 1.165) is 11.1 Å². The van der Waals surface area contributed by atoms with E-state index in [1.165, 1.54) is 12.1 Å². The molecule has 3 aromatic rings. The zero-order valence-electron chi connectivity index (χ0n) is 16.1. The molecular weight excluding hydrogens is 412 g/mol. The Morgan fingerprint density at radius 1 is 1.10 bits per heavy atom. The average Bonchev–Trinajstić information content (AvgIpc) is 3.16. The molecule has 2 aromatic carbocycles. The molecule has 0 saturated heterocycles. The molecule has 8 heteroatoms. The van der Waals surface area contributed by atoms with E-state index >= 15 is 0 Å². The Kier molecular flexibility index (Phi) is 6.39. The van der Waals surface area contributed by atoms with E-state index in [4.69, 9.17) is 16.1 Å². The van der Waals surface area contributed by atoms with Crippen LogP contribution in [0.5, 0.6) is 0 Å². The molecule has 0 atom stereocenters. The van der Waals surface area contributed by atoms with Crippen molar-refractivity contribution < 1.29 is 17.7 Å². The van der Waals surface area contributed by atoms with E-state index in [0.29, 0.717) is 16.5 Å². The summed E-state index contributed by atoms with van der Waals surface area (Å²) in [6, 6.07) is 15.3. The molecule has 152 valence electrons. The van der Waals surface area contributed by atoms with Crippen LogP contribution in [0.15, 0.2) is 64.0 Å². The van der Waals surface area contributed by atoms with Gasteiger partial charge in [-0.1, -0.05) is 28.9 Å². The highest BCUT2D eigenvalue weighted by atomic mass is 35.5. The molecule has 0 radical (unpaired) electrons. The van der Waals surface area contributed by atoms with Gasteiger partial charge in [0.15, 0.2) is 15.6 Å². The van der Waals surface area contributed by atoms with Gasteiger partial charge in [0, 0.05) is 16.7 Å². The highest BCUT2D eigenvalue weighted by Crippen LogP contribution is 2.22. The van der Waals surface area contributed by atoms with Crippen LogP contribution in [0, 0.1) is 0 Å². The van der Waals surface area contributed by atoms with Crippen LogP contribution in [0.25, 0.3) is 11.3 Å². The molecule has 6 nitrogen and oxygen atoms in total. The number of halogens is 1. The Bertz CT molecular complexity index is 1090. The summed E-state index contributed by atoms with van der Waals surface area (Å²) < 4.78 is 29.6. The molecular formula is C21H21ClN2O4S. The summed E-state index contributed by atoms with van der Waals surface area (Å²) in [7, 11) is -3.32. The molecule has 29 heavy (non-hydrogen) atoms. The largest absolute Gasteiger partial charge is 0.356 e. The van der Waals surface area contributed by atoms with Gasteiger partial charge >= 0.3 is 0 Å². The number of amides is 1. The minimum Gasteiger partial charge on any atom is -0.356 e. The normalized spacial score (nSPS) is 11.6. The number of sulfone groups is 1. The molecule has 0 saturated carbocycles. The zero-order valence-corrected chi connectivity index (χ0v) is 17.6. The summed E-state index contributed by atoms with van der Waals surface area (Å²) in [5, 5.41) is 6.89. The van der Waals surface area contributed by atoms with E-state index in [9.17, 15) is 13.2 Å². The second-order valence-corrected chi connectivity index (χ2v) is 9.82. The third-order valence-electron chi connectivity index (χ3n) is 4.39. The van der Waals surface area contributed by atoms with Crippen molar-refractivity contribution in [3.05, 3.63) is 70.9 Å². The maximum atomic E-state index is 12.2. The van der Waals surface area contributed by atoms with Crippen molar-refractivity contribution in [2.45, 2.75) is 37.0 Å². The van der Waals surface area contributed by atoms with E-state index < -0.39 is 15.1 Å². The van der Waals surface area contributed by atoms with Crippen molar-refractivity contribution in [2.75, 3.05) is 0 Å². The Hall–Kier alpha value is -2.64. The smallest absolute Gasteiger partial charge is 0.224 e. The molecule has 1 heterocycles. The molecule has 0 unspecified atom stereocenters. The summed E-state index contributed by atoms with van der Waals surface area (Å²) in [5.41, 5.74) is 2.17. The second kappa shape index (κ2) is 8.80. The summed E-state index contributed by atoms with van der Waals surface area (Å²) in [6.07, 6.45) is 0.143. The van der Waals surface area contributed by atoms with Crippen molar-refractivity contribution in [3.8, 4) is 11.3 Å². The Balaban J connectivity index is 1.56. The van der Waals surface area contributed by atoms with Crippen molar-refractivity contribution in [3.63, 3.8) is 0 Å². The SMILES string of the molecule is CC(C)S(=O)(=O)c1ccc(CC(=O)NCc2cc(-c3ccc(Cl)cc3)on2)cc1. The van der Waals surface area contributed by atoms with Gasteiger partial charge in [0.05, 0.1) is 23.1 Å². The fourth-order valence-corrected chi connectivity index (χ4v) is 3.84. The van der Waals surface area contributed by atoms with Crippen LogP contribution in [0.4, 0.5) is 0 Å². The van der Waals surface area contributed by atoms with Crippen LogP contribution in [0.3, 0.4) is 0 Å². The standard InChI is InChI=1S/C21H21ClN2O4S/c1-14(2)29(26,27)19-9-3-15(4-10-19)11-21(25)23-13-18-12-20(28-24-18)16-5-7-17(22)8-6-16/h3-10,12,14H,11,13H2,1-2H3,(H,23,25). The topological polar surface area (TPSA) is 89.3 Å². The lowest BCUT2D eigenvalue weighted by Crippen LogP contribution is -2.24. The number of hydrogen-bond acceptors (Lipinski definition) is 5. The Labute approximate surface area is 174 Å². The van der Waals surface area contributed by atoms with Gasteiger partial charge < -0.3 is 9.84 Å². The number of carbonyl (C=O) groups excluding carboxylic acids is 1. The molecule has 1 amide bonds. The summed E-state index contributed by atoms with van der Waals surface area (Å²) in [6.45, 7) is 3.51. The van der Waals surface area contributed by atoms with Crippen molar-refractivity contribution in [1.29, 1.82) is 0 Å². The molecule has 1 N–H and O–H groups in total. The van der Waals surface area contributed by atoms with Gasteiger partial charge in [0.2, 0.25) is 5.91 Å². The maximum absolute atomic E-state index is 12.2. The average molecular weight is 433 g/mol. The fourth-order valence-electron chi connectivity index (χ4n) is 2.65. The Morgan fingerprint density at radius 2 is 1.76 bits per heavy atom. The van der Waals surface area contributed by atoms with Crippen LogP contribution >= 0.6 is 11.6 Å². The maximum Gasteiger partial charge on any atom is 0.224 e. The van der Waals surface area contributed by atoms with Crippen LogP contribution in [-0.2, 0) is 27.6 Å². The zero-order chi connectivity index (χ0) is 21.0. The quantitative estimate of drug-likeness (QED) is 0.608. The predicted molar refractivity (Wildman–Crippen MR) is 111 cm³/mol. The van der Waals surface area contributed by atoms with Gasteiger partial charge in [0.1, 0.15) is 5.69 Å². The van der Waals surface area contributed by atoms with Crippen LogP contribution in [0.2, 0.25) is 5.02 Å². The lowest BCUT2D eigenvalue weighted by Gasteiger charge is -2.08. The van der Waals surface area contributed by atoms with Crippen LogP contribution < -0.4 is 5.32 Å². The van der Waals surface area contributed by atoms with Gasteiger partial charge in [-0.3, -0.25) is 4.79 Å². The molecule has 0 aliphatic heterocycles. The monoisotopic (exact) mass is 432 g/mol. The fraction of sp³-hybridized carbons (Fsp3) is 0.238. The molecule has 1 aromatic heterocycles. The highest BCUT2D eigenvalue weighted by molar-refractivity contribution is 7.92. The number of nitrogens with zero attached hydrogens (tertiary/aromatic N) is 1. The Morgan fingerprint density at radius 3 is 2.38 bits per heavy atom. The van der Waals surface area contributed by atoms with E-state index in [1.807, 2.05) is 12.1 Å². The number of nitrogens with one attached hydrogen (secondary N) is 1. The first-order valence-electron chi connectivity index (χ1n) is 9.07. The van der Waals surface area contributed by atoms with Crippen molar-refractivity contribution >= 4 is 27.3 Å². The predicted octanol–water partition coefficient (Wildman–Crippen LogP) is 4.04. The second-order valence-electron chi connectivity index (χ2n) is 6.88. The molecule has 0 bridgehead atoms. The van der Waals surface area contributed by atoms with Crippen molar-refractivity contribution in [2.24, 2.45) is 0 Å². The molecule has 0 aliphatic rings.